The summed E-state index contributed by atoms with van der Waals surface area (Å²) in [6.07, 6.45) is 1.04. The molecule has 0 bridgehead atoms. The van der Waals surface area contributed by atoms with E-state index in [1.165, 1.54) is 6.92 Å². The molecular formula is C9H8ClN3O4S. The maximum Gasteiger partial charge on any atom is 0.324 e. The molecule has 0 radical (unpaired) electrons. The third kappa shape index (κ3) is 2.42. The smallest absolute Gasteiger partial charge is 0.258 e. The lowest BCUT2D eigenvalue weighted by Gasteiger charge is -2.09. The number of nitro groups is 1. The molecule has 0 fully saturated rings. The Hall–Kier alpha value is -1.72. The van der Waals surface area contributed by atoms with Gasteiger partial charge in [-0.05, 0) is 13.0 Å². The zero-order chi connectivity index (χ0) is 13.9. The molecule has 0 aliphatic carbocycles. The van der Waals surface area contributed by atoms with Gasteiger partial charge in [0.15, 0.2) is 0 Å². The molecule has 1 aromatic heterocycles. The number of hydrogen-bond acceptors (Lipinski definition) is 6. The topological polar surface area (TPSA) is 114 Å². The predicted octanol–water partition coefficient (Wildman–Crippen LogP) is 1.26. The highest BCUT2D eigenvalue weighted by molar-refractivity contribution is 7.92. The zero-order valence-corrected chi connectivity index (χ0v) is 10.8. The molecule has 1 heterocycles. The summed E-state index contributed by atoms with van der Waals surface area (Å²) in [6.45, 7) is 1.31. The summed E-state index contributed by atoms with van der Waals surface area (Å²) in [6, 6.07) is 2.65. The molecule has 0 aromatic carbocycles. The van der Waals surface area contributed by atoms with Crippen LogP contribution in [0.1, 0.15) is 12.5 Å². The fraction of sp³-hybridized carbons (Fsp3) is 0.333. The number of nitriles is 1. The van der Waals surface area contributed by atoms with Gasteiger partial charge in [-0.3, -0.25) is 10.1 Å². The molecule has 18 heavy (non-hydrogen) atoms. The Bertz CT molecular complexity index is 623. The van der Waals surface area contributed by atoms with Crippen LogP contribution in [-0.2, 0) is 9.84 Å². The van der Waals surface area contributed by atoms with Crippen molar-refractivity contribution in [1.29, 1.82) is 5.26 Å². The average Bonchev–Trinajstić information content (AvgIpc) is 2.36. The molecule has 0 aliphatic heterocycles. The van der Waals surface area contributed by atoms with Crippen LogP contribution in [0.3, 0.4) is 0 Å². The molecule has 7 nitrogen and oxygen atoms in total. The summed E-state index contributed by atoms with van der Waals surface area (Å²) in [5, 5.41) is 17.9. The molecule has 0 aliphatic rings. The van der Waals surface area contributed by atoms with Gasteiger partial charge in [-0.15, -0.1) is 11.6 Å². The first-order valence-corrected chi connectivity index (χ1v) is 6.77. The monoisotopic (exact) mass is 289 g/mol. The normalized spacial score (nSPS) is 12.7. The van der Waals surface area contributed by atoms with E-state index >= 15 is 0 Å². The first kappa shape index (κ1) is 14.3. The Morgan fingerprint density at radius 2 is 2.28 bits per heavy atom. The van der Waals surface area contributed by atoms with Crippen molar-refractivity contribution in [1.82, 2.24) is 4.98 Å². The minimum Gasteiger partial charge on any atom is -0.258 e. The third-order valence-corrected chi connectivity index (χ3v) is 4.92. The van der Waals surface area contributed by atoms with E-state index in [1.54, 1.807) is 6.07 Å². The molecule has 96 valence electrons. The Labute approximate surface area is 108 Å². The molecule has 0 amide bonds. The molecule has 1 unspecified atom stereocenters. The lowest BCUT2D eigenvalue weighted by atomic mass is 10.2. The Balaban J connectivity index is 3.63. The first-order valence-electron chi connectivity index (χ1n) is 4.69. The quantitative estimate of drug-likeness (QED) is 0.468. The number of halogens is 1. The van der Waals surface area contributed by atoms with E-state index in [0.717, 1.165) is 12.3 Å². The van der Waals surface area contributed by atoms with Gasteiger partial charge in [0.05, 0.1) is 10.2 Å². The van der Waals surface area contributed by atoms with Crippen molar-refractivity contribution >= 4 is 27.1 Å². The molecule has 0 spiro atoms. The standard InChI is InChI=1S/C9H8ClN3O4S/c1-6(4-10)18(16,17)9-8(13(14)15)7(5-11)2-3-12-9/h2-3,6H,4H2,1H3. The maximum atomic E-state index is 12.0. The second-order valence-electron chi connectivity index (χ2n) is 3.39. The summed E-state index contributed by atoms with van der Waals surface area (Å²) >= 11 is 5.45. The van der Waals surface area contributed by atoms with Crippen molar-refractivity contribution in [3.8, 4) is 6.07 Å². The van der Waals surface area contributed by atoms with Gasteiger partial charge in [0, 0.05) is 12.1 Å². The first-order chi connectivity index (χ1) is 8.36. The van der Waals surface area contributed by atoms with E-state index in [-0.39, 0.29) is 11.4 Å². The van der Waals surface area contributed by atoms with Gasteiger partial charge in [0.1, 0.15) is 11.6 Å². The van der Waals surface area contributed by atoms with E-state index in [9.17, 15) is 18.5 Å². The van der Waals surface area contributed by atoms with Crippen molar-refractivity contribution < 1.29 is 13.3 Å². The Morgan fingerprint density at radius 3 is 2.72 bits per heavy atom. The minimum absolute atomic E-state index is 0.224. The lowest BCUT2D eigenvalue weighted by Crippen LogP contribution is -2.22. The van der Waals surface area contributed by atoms with E-state index < -0.39 is 30.7 Å². The Kier molecular flexibility index (Phi) is 4.21. The van der Waals surface area contributed by atoms with Crippen molar-refractivity contribution in [2.75, 3.05) is 5.88 Å². The second-order valence-corrected chi connectivity index (χ2v) is 5.98. The van der Waals surface area contributed by atoms with Crippen LogP contribution in [0.15, 0.2) is 17.3 Å². The number of aromatic nitrogens is 1. The highest BCUT2D eigenvalue weighted by atomic mass is 35.5. The summed E-state index contributed by atoms with van der Waals surface area (Å²) in [5.74, 6) is -0.224. The van der Waals surface area contributed by atoms with Gasteiger partial charge in [0.25, 0.3) is 0 Å². The van der Waals surface area contributed by atoms with Gasteiger partial charge in [-0.1, -0.05) is 0 Å². The summed E-state index contributed by atoms with van der Waals surface area (Å²) in [7, 11) is -4.03. The molecule has 9 heteroatoms. The fourth-order valence-corrected chi connectivity index (χ4v) is 2.89. The van der Waals surface area contributed by atoms with Crippen LogP contribution in [0, 0.1) is 21.4 Å². The van der Waals surface area contributed by atoms with Gasteiger partial charge in [0.2, 0.25) is 14.9 Å². The number of sulfone groups is 1. The average molecular weight is 290 g/mol. The number of alkyl halides is 1. The minimum atomic E-state index is -4.03. The van der Waals surface area contributed by atoms with Gasteiger partial charge >= 0.3 is 5.69 Å². The van der Waals surface area contributed by atoms with Crippen LogP contribution >= 0.6 is 11.6 Å². The largest absolute Gasteiger partial charge is 0.324 e. The highest BCUT2D eigenvalue weighted by Crippen LogP contribution is 2.28. The second kappa shape index (κ2) is 5.29. The van der Waals surface area contributed by atoms with E-state index in [4.69, 9.17) is 16.9 Å². The molecular weight excluding hydrogens is 282 g/mol. The Morgan fingerprint density at radius 1 is 1.67 bits per heavy atom. The van der Waals surface area contributed by atoms with E-state index in [0.29, 0.717) is 0 Å². The summed E-state index contributed by atoms with van der Waals surface area (Å²) in [5.41, 5.74) is -1.16. The van der Waals surface area contributed by atoms with Crippen LogP contribution in [0.5, 0.6) is 0 Å². The molecule has 1 rings (SSSR count). The molecule has 0 saturated carbocycles. The SMILES string of the molecule is CC(CCl)S(=O)(=O)c1nccc(C#N)c1[N+](=O)[O-]. The highest BCUT2D eigenvalue weighted by Gasteiger charge is 2.34. The van der Waals surface area contributed by atoms with Gasteiger partial charge < -0.3 is 0 Å². The molecule has 0 saturated heterocycles. The molecule has 0 N–H and O–H groups in total. The fourth-order valence-electron chi connectivity index (χ4n) is 1.18. The third-order valence-electron chi connectivity index (χ3n) is 2.21. The van der Waals surface area contributed by atoms with Crippen molar-refractivity contribution in [2.45, 2.75) is 17.2 Å². The van der Waals surface area contributed by atoms with Gasteiger partial charge in [-0.25, -0.2) is 13.4 Å². The maximum absolute atomic E-state index is 12.0. The molecule has 1 aromatic rings. The number of hydrogen-bond donors (Lipinski definition) is 0. The van der Waals surface area contributed by atoms with Crippen molar-refractivity contribution in [3.05, 3.63) is 27.9 Å². The van der Waals surface area contributed by atoms with Crippen molar-refractivity contribution in [2.24, 2.45) is 0 Å². The van der Waals surface area contributed by atoms with E-state index in [2.05, 4.69) is 4.98 Å². The van der Waals surface area contributed by atoms with E-state index in [1.807, 2.05) is 0 Å². The zero-order valence-electron chi connectivity index (χ0n) is 9.20. The summed E-state index contributed by atoms with van der Waals surface area (Å²) in [4.78, 5) is 13.5. The van der Waals surface area contributed by atoms with Crippen LogP contribution in [0.25, 0.3) is 0 Å². The van der Waals surface area contributed by atoms with Gasteiger partial charge in [-0.2, -0.15) is 5.26 Å². The van der Waals surface area contributed by atoms with Crippen LogP contribution in [0.4, 0.5) is 5.69 Å². The number of pyridine rings is 1. The predicted molar refractivity (Wildman–Crippen MR) is 63.0 cm³/mol. The summed E-state index contributed by atoms with van der Waals surface area (Å²) < 4.78 is 24.0. The van der Waals surface area contributed by atoms with Crippen molar-refractivity contribution in [3.63, 3.8) is 0 Å². The molecule has 1 atom stereocenters. The van der Waals surface area contributed by atoms with Crippen LogP contribution < -0.4 is 0 Å². The number of nitrogens with zero attached hydrogens (tertiary/aromatic N) is 3. The van der Waals surface area contributed by atoms with Crippen LogP contribution in [0.2, 0.25) is 0 Å². The lowest BCUT2D eigenvalue weighted by molar-refractivity contribution is -0.388. The number of rotatable bonds is 4. The van der Waals surface area contributed by atoms with Crippen LogP contribution in [-0.4, -0.2) is 29.5 Å².